The summed E-state index contributed by atoms with van der Waals surface area (Å²) in [6.45, 7) is 8.59. The number of nitrogens with zero attached hydrogens (tertiary/aromatic N) is 1. The van der Waals surface area contributed by atoms with Crippen molar-refractivity contribution in [3.8, 4) is 0 Å². The zero-order valence-corrected chi connectivity index (χ0v) is 8.85. The minimum atomic E-state index is 0.111. The summed E-state index contributed by atoms with van der Waals surface area (Å²) in [4.78, 5) is 4.58. The van der Waals surface area contributed by atoms with E-state index in [1.165, 1.54) is 0 Å². The van der Waals surface area contributed by atoms with Crippen LogP contribution in [0.3, 0.4) is 0 Å². The van der Waals surface area contributed by atoms with E-state index in [1.807, 2.05) is 6.92 Å². The molecule has 0 aliphatic rings. The van der Waals surface area contributed by atoms with Gasteiger partial charge in [-0.15, -0.1) is 0 Å². The third kappa shape index (κ3) is 2.84. The first-order valence-electron chi connectivity index (χ1n) is 4.98. The van der Waals surface area contributed by atoms with Gasteiger partial charge in [0.2, 0.25) is 0 Å². The van der Waals surface area contributed by atoms with Crippen LogP contribution < -0.4 is 5.73 Å². The van der Waals surface area contributed by atoms with E-state index in [0.29, 0.717) is 0 Å². The quantitative estimate of drug-likeness (QED) is 0.500. The maximum Gasteiger partial charge on any atom is 0.0941 e. The highest BCUT2D eigenvalue weighted by Crippen LogP contribution is 2.24. The molecule has 0 unspecified atom stereocenters. The molecule has 0 spiro atoms. The highest BCUT2D eigenvalue weighted by molar-refractivity contribution is 5.80. The van der Waals surface area contributed by atoms with Gasteiger partial charge >= 0.3 is 0 Å². The van der Waals surface area contributed by atoms with Crippen molar-refractivity contribution in [2.24, 2.45) is 10.7 Å². The molecule has 0 saturated heterocycles. The van der Waals surface area contributed by atoms with Gasteiger partial charge in [0.25, 0.3) is 0 Å². The SMILES string of the molecule is CCC(N)=NC(CC)(CC)CC. The Labute approximate surface area is 76.3 Å². The van der Waals surface area contributed by atoms with Crippen molar-refractivity contribution in [2.75, 3.05) is 0 Å². The van der Waals surface area contributed by atoms with Crippen LogP contribution >= 0.6 is 0 Å². The molecule has 0 aromatic heterocycles. The molecule has 0 aliphatic carbocycles. The normalized spacial score (nSPS) is 13.5. The second-order valence-corrected chi connectivity index (χ2v) is 3.24. The van der Waals surface area contributed by atoms with Gasteiger partial charge in [0.05, 0.1) is 11.4 Å². The van der Waals surface area contributed by atoms with Crippen LogP contribution in [0.15, 0.2) is 4.99 Å². The Balaban J connectivity index is 4.49. The molecule has 72 valence electrons. The summed E-state index contributed by atoms with van der Waals surface area (Å²) < 4.78 is 0. The molecule has 0 radical (unpaired) electrons. The molecule has 0 aromatic rings. The lowest BCUT2D eigenvalue weighted by atomic mass is 9.90. The minimum absolute atomic E-state index is 0.111. The second kappa shape index (κ2) is 5.18. The van der Waals surface area contributed by atoms with E-state index in [9.17, 15) is 0 Å². The van der Waals surface area contributed by atoms with Crippen molar-refractivity contribution in [1.29, 1.82) is 0 Å². The predicted octanol–water partition coefficient (Wildman–Crippen LogP) is 2.72. The lowest BCUT2D eigenvalue weighted by molar-refractivity contribution is 0.385. The number of hydrogen-bond donors (Lipinski definition) is 1. The molecule has 0 amide bonds. The third-order valence-corrected chi connectivity index (χ3v) is 2.72. The molecule has 2 nitrogen and oxygen atoms in total. The van der Waals surface area contributed by atoms with E-state index in [2.05, 4.69) is 25.8 Å². The van der Waals surface area contributed by atoms with E-state index >= 15 is 0 Å². The fraction of sp³-hybridized carbons (Fsp3) is 0.900. The number of hydrogen-bond acceptors (Lipinski definition) is 1. The Morgan fingerprint density at radius 2 is 1.50 bits per heavy atom. The summed E-state index contributed by atoms with van der Waals surface area (Å²) in [5, 5.41) is 0. The molecule has 0 heterocycles. The van der Waals surface area contributed by atoms with Crippen LogP contribution in [-0.4, -0.2) is 11.4 Å². The molecule has 0 aromatic carbocycles. The molecule has 0 bridgehead atoms. The molecular weight excluding hydrogens is 148 g/mol. The number of amidine groups is 1. The maximum absolute atomic E-state index is 5.74. The Kier molecular flexibility index (Phi) is 4.95. The second-order valence-electron chi connectivity index (χ2n) is 3.24. The first-order valence-corrected chi connectivity index (χ1v) is 4.98. The Hall–Kier alpha value is -0.530. The molecule has 0 atom stereocenters. The summed E-state index contributed by atoms with van der Waals surface area (Å²) >= 11 is 0. The van der Waals surface area contributed by atoms with Crippen molar-refractivity contribution in [1.82, 2.24) is 0 Å². The largest absolute Gasteiger partial charge is 0.387 e. The van der Waals surface area contributed by atoms with Crippen LogP contribution in [0.1, 0.15) is 53.4 Å². The van der Waals surface area contributed by atoms with Gasteiger partial charge in [0.1, 0.15) is 0 Å². The van der Waals surface area contributed by atoms with E-state index in [-0.39, 0.29) is 5.54 Å². The number of rotatable bonds is 5. The zero-order valence-electron chi connectivity index (χ0n) is 8.85. The van der Waals surface area contributed by atoms with Gasteiger partial charge in [-0.1, -0.05) is 27.7 Å². The molecular formula is C10H22N2. The molecule has 0 aliphatic heterocycles. The van der Waals surface area contributed by atoms with Gasteiger partial charge in [-0.2, -0.15) is 0 Å². The van der Waals surface area contributed by atoms with Crippen molar-refractivity contribution in [2.45, 2.75) is 58.9 Å². The fourth-order valence-electron chi connectivity index (χ4n) is 1.37. The molecule has 12 heavy (non-hydrogen) atoms. The van der Waals surface area contributed by atoms with E-state index < -0.39 is 0 Å². The van der Waals surface area contributed by atoms with Crippen molar-refractivity contribution >= 4 is 5.84 Å². The van der Waals surface area contributed by atoms with E-state index in [1.54, 1.807) is 0 Å². The highest BCUT2D eigenvalue weighted by atomic mass is 14.9. The van der Waals surface area contributed by atoms with Gasteiger partial charge in [-0.25, -0.2) is 0 Å². The predicted molar refractivity (Wildman–Crippen MR) is 55.5 cm³/mol. The Morgan fingerprint density at radius 1 is 1.08 bits per heavy atom. The van der Waals surface area contributed by atoms with Crippen molar-refractivity contribution in [3.05, 3.63) is 0 Å². The zero-order chi connectivity index (χ0) is 9.61. The van der Waals surface area contributed by atoms with Crippen LogP contribution in [-0.2, 0) is 0 Å². The van der Waals surface area contributed by atoms with Crippen LogP contribution in [0.2, 0.25) is 0 Å². The van der Waals surface area contributed by atoms with Crippen LogP contribution in [0.4, 0.5) is 0 Å². The summed E-state index contributed by atoms with van der Waals surface area (Å²) in [6.07, 6.45) is 4.11. The Morgan fingerprint density at radius 3 is 1.75 bits per heavy atom. The lowest BCUT2D eigenvalue weighted by Crippen LogP contribution is -2.27. The number of aliphatic imine (C=N–C) groups is 1. The summed E-state index contributed by atoms with van der Waals surface area (Å²) in [6, 6.07) is 0. The third-order valence-electron chi connectivity index (χ3n) is 2.72. The van der Waals surface area contributed by atoms with Gasteiger partial charge in [0.15, 0.2) is 0 Å². The molecule has 0 rings (SSSR count). The van der Waals surface area contributed by atoms with Crippen LogP contribution in [0, 0.1) is 0 Å². The van der Waals surface area contributed by atoms with E-state index in [0.717, 1.165) is 31.5 Å². The smallest absolute Gasteiger partial charge is 0.0941 e. The van der Waals surface area contributed by atoms with Crippen LogP contribution in [0.25, 0.3) is 0 Å². The molecule has 2 heteroatoms. The summed E-state index contributed by atoms with van der Waals surface area (Å²) in [5.74, 6) is 0.792. The van der Waals surface area contributed by atoms with Gasteiger partial charge < -0.3 is 5.73 Å². The first kappa shape index (κ1) is 11.5. The fourth-order valence-corrected chi connectivity index (χ4v) is 1.37. The Bertz CT molecular complexity index is 138. The lowest BCUT2D eigenvalue weighted by Gasteiger charge is -2.26. The topological polar surface area (TPSA) is 38.4 Å². The molecule has 0 saturated carbocycles. The van der Waals surface area contributed by atoms with Crippen LogP contribution in [0.5, 0.6) is 0 Å². The highest BCUT2D eigenvalue weighted by Gasteiger charge is 2.22. The maximum atomic E-state index is 5.74. The first-order chi connectivity index (χ1) is 5.64. The monoisotopic (exact) mass is 170 g/mol. The standard InChI is InChI=1S/C10H22N2/c1-5-9(11)12-10(6-2,7-3)8-4/h5-8H2,1-4H3,(H2,11,12). The molecule has 0 fully saturated rings. The minimum Gasteiger partial charge on any atom is -0.387 e. The van der Waals surface area contributed by atoms with Gasteiger partial charge in [-0.05, 0) is 19.3 Å². The van der Waals surface area contributed by atoms with E-state index in [4.69, 9.17) is 5.73 Å². The summed E-state index contributed by atoms with van der Waals surface area (Å²) in [7, 11) is 0. The van der Waals surface area contributed by atoms with Gasteiger partial charge in [0, 0.05) is 6.42 Å². The molecule has 2 N–H and O–H groups in total. The van der Waals surface area contributed by atoms with Gasteiger partial charge in [-0.3, -0.25) is 4.99 Å². The summed E-state index contributed by atoms with van der Waals surface area (Å²) in [5.41, 5.74) is 5.85. The van der Waals surface area contributed by atoms with Crippen molar-refractivity contribution < 1.29 is 0 Å². The average molecular weight is 170 g/mol. The number of nitrogens with two attached hydrogens (primary N) is 1. The average Bonchev–Trinajstić information content (AvgIpc) is 2.14. The van der Waals surface area contributed by atoms with Crippen molar-refractivity contribution in [3.63, 3.8) is 0 Å².